The Kier molecular flexibility index (Phi) is 7.46. The summed E-state index contributed by atoms with van der Waals surface area (Å²) in [5, 5.41) is 7.36. The third-order valence-electron chi connectivity index (χ3n) is 6.99. The highest BCUT2D eigenvalue weighted by atomic mass is 19.4. The summed E-state index contributed by atoms with van der Waals surface area (Å²) in [5.74, 6) is -5.60. The Balaban J connectivity index is 1.40. The second kappa shape index (κ2) is 10.7. The minimum absolute atomic E-state index is 0.0945. The van der Waals surface area contributed by atoms with Crippen LogP contribution in [0.4, 0.5) is 45.2 Å². The number of alkyl halides is 8. The molecular weight excluding hydrogens is 599 g/mol. The van der Waals surface area contributed by atoms with Crippen molar-refractivity contribution >= 4 is 16.5 Å². The molecule has 43 heavy (non-hydrogen) atoms. The molecule has 4 aromatic rings. The molecule has 0 unspecified atom stereocenters. The number of aromatic nitrogens is 5. The van der Waals surface area contributed by atoms with Gasteiger partial charge in [-0.3, -0.25) is 9.59 Å². The van der Waals surface area contributed by atoms with E-state index in [0.717, 1.165) is 10.6 Å². The summed E-state index contributed by atoms with van der Waals surface area (Å²) in [4.78, 5) is 32.0. The summed E-state index contributed by atoms with van der Waals surface area (Å²) in [6.45, 7) is -0.284. The van der Waals surface area contributed by atoms with E-state index in [1.807, 2.05) is 0 Å². The fraction of sp³-hybridized carbons (Fsp3) is 0.346. The fourth-order valence-corrected chi connectivity index (χ4v) is 5.21. The third kappa shape index (κ3) is 6.34. The van der Waals surface area contributed by atoms with Crippen LogP contribution in [0, 0.1) is 11.7 Å². The van der Waals surface area contributed by atoms with Crippen LogP contribution in [0.1, 0.15) is 30.4 Å². The number of anilines is 1. The predicted molar refractivity (Wildman–Crippen MR) is 134 cm³/mol. The van der Waals surface area contributed by atoms with E-state index in [0.29, 0.717) is 18.6 Å². The van der Waals surface area contributed by atoms with Crippen molar-refractivity contribution in [1.29, 1.82) is 0 Å². The van der Waals surface area contributed by atoms with E-state index < -0.39 is 76.8 Å². The van der Waals surface area contributed by atoms with Crippen LogP contribution in [0.5, 0.6) is 0 Å². The summed E-state index contributed by atoms with van der Waals surface area (Å²) in [5.41, 5.74) is -6.08. The zero-order valence-electron chi connectivity index (χ0n) is 21.5. The van der Waals surface area contributed by atoms with Crippen LogP contribution < -0.4 is 16.4 Å². The number of benzene rings is 1. The maximum Gasteiger partial charge on any atom is 0.423 e. The number of hydrogen-bond donors (Lipinski definition) is 2. The van der Waals surface area contributed by atoms with Gasteiger partial charge in [0.15, 0.2) is 5.82 Å². The van der Waals surface area contributed by atoms with Crippen LogP contribution in [-0.2, 0) is 18.9 Å². The molecule has 0 saturated heterocycles. The first kappa shape index (κ1) is 30.0. The van der Waals surface area contributed by atoms with Crippen molar-refractivity contribution in [2.45, 2.75) is 50.1 Å². The van der Waals surface area contributed by atoms with Gasteiger partial charge in [0.1, 0.15) is 11.4 Å². The highest BCUT2D eigenvalue weighted by molar-refractivity contribution is 5.86. The average molecular weight is 618 g/mol. The molecular formula is C26H19F9N6O2. The lowest BCUT2D eigenvalue weighted by Crippen LogP contribution is -2.41. The molecule has 0 amide bonds. The SMILES string of the molecule is O=c1[nH]ncc(N[C@@H]2C[C@H](Cn3ccc4cc(-c5ncc(C(F)(F)F)cn5)c(F)cc4c3=O)CC(F)(F)C2)c1C(F)(F)F. The van der Waals surface area contributed by atoms with Crippen LogP contribution in [-0.4, -0.2) is 36.7 Å². The Morgan fingerprint density at radius 1 is 1.00 bits per heavy atom. The van der Waals surface area contributed by atoms with Gasteiger partial charge >= 0.3 is 12.4 Å². The first-order chi connectivity index (χ1) is 20.0. The Morgan fingerprint density at radius 3 is 2.35 bits per heavy atom. The van der Waals surface area contributed by atoms with Gasteiger partial charge in [0.2, 0.25) is 5.92 Å². The number of aromatic amines is 1. The summed E-state index contributed by atoms with van der Waals surface area (Å²) in [6, 6.07) is 2.17. The van der Waals surface area contributed by atoms with Gasteiger partial charge in [-0.15, -0.1) is 0 Å². The van der Waals surface area contributed by atoms with E-state index in [1.165, 1.54) is 18.3 Å². The van der Waals surface area contributed by atoms with Gasteiger partial charge in [-0.2, -0.15) is 31.4 Å². The molecule has 1 fully saturated rings. The lowest BCUT2D eigenvalue weighted by Gasteiger charge is -2.36. The van der Waals surface area contributed by atoms with E-state index in [9.17, 15) is 49.1 Å². The first-order valence-corrected chi connectivity index (χ1v) is 12.5. The number of pyridine rings is 1. The minimum atomic E-state index is -5.08. The summed E-state index contributed by atoms with van der Waals surface area (Å²) >= 11 is 0. The molecule has 0 bridgehead atoms. The largest absolute Gasteiger partial charge is 0.423 e. The Morgan fingerprint density at radius 2 is 1.70 bits per heavy atom. The summed E-state index contributed by atoms with van der Waals surface area (Å²) in [7, 11) is 0. The molecule has 2 atom stereocenters. The van der Waals surface area contributed by atoms with Crippen molar-refractivity contribution in [3.8, 4) is 11.4 Å². The molecule has 3 heterocycles. The van der Waals surface area contributed by atoms with Crippen LogP contribution in [0.25, 0.3) is 22.2 Å². The summed E-state index contributed by atoms with van der Waals surface area (Å²) in [6.07, 6.45) is -8.48. The topological polar surface area (TPSA) is 106 Å². The van der Waals surface area contributed by atoms with Gasteiger partial charge < -0.3 is 9.88 Å². The fourth-order valence-electron chi connectivity index (χ4n) is 5.21. The number of H-pyrrole nitrogens is 1. The summed E-state index contributed by atoms with van der Waals surface area (Å²) < 4.78 is 124. The second-order valence-corrected chi connectivity index (χ2v) is 10.2. The molecule has 17 heteroatoms. The molecule has 0 aliphatic heterocycles. The Bertz CT molecular complexity index is 1780. The highest BCUT2D eigenvalue weighted by Crippen LogP contribution is 2.40. The van der Waals surface area contributed by atoms with Gasteiger partial charge in [0.05, 0.1) is 28.4 Å². The lowest BCUT2D eigenvalue weighted by atomic mass is 9.82. The zero-order chi connectivity index (χ0) is 31.3. The van der Waals surface area contributed by atoms with Crippen LogP contribution >= 0.6 is 0 Å². The number of nitrogens with one attached hydrogen (secondary N) is 2. The van der Waals surface area contributed by atoms with E-state index in [4.69, 9.17) is 0 Å². The number of nitrogens with zero attached hydrogens (tertiary/aromatic N) is 4. The smallest absolute Gasteiger partial charge is 0.380 e. The van der Waals surface area contributed by atoms with Crippen LogP contribution in [0.3, 0.4) is 0 Å². The van der Waals surface area contributed by atoms with E-state index in [-0.39, 0.29) is 35.1 Å². The predicted octanol–water partition coefficient (Wildman–Crippen LogP) is 5.63. The standard InChI is InChI=1S/C26H19F9N6O2/c27-18-5-16-13(4-17(18)21-36-8-14(9-37-21)25(30,31)32)1-2-41(23(16)43)11-12-3-15(7-24(28,29)6-12)39-19-10-38-40-22(42)20(19)26(33,34)35/h1-2,4-5,8-10,12,15H,3,6-7,11H2,(H2,39,40,42)/t12-,15+/m0/s1. The zero-order valence-corrected chi connectivity index (χ0v) is 21.5. The van der Waals surface area contributed by atoms with E-state index in [1.54, 1.807) is 5.10 Å². The third-order valence-corrected chi connectivity index (χ3v) is 6.99. The van der Waals surface area contributed by atoms with Gasteiger partial charge in [-0.25, -0.2) is 28.2 Å². The van der Waals surface area contributed by atoms with Crippen molar-refractivity contribution in [3.05, 3.63) is 80.6 Å². The molecule has 8 nitrogen and oxygen atoms in total. The quantitative estimate of drug-likeness (QED) is 0.281. The van der Waals surface area contributed by atoms with Gasteiger partial charge in [-0.1, -0.05) is 0 Å². The normalized spacial score (nSPS) is 19.0. The second-order valence-electron chi connectivity index (χ2n) is 10.2. The van der Waals surface area contributed by atoms with Gasteiger partial charge in [0.25, 0.3) is 11.1 Å². The Labute approximate surface area is 234 Å². The average Bonchev–Trinajstić information content (AvgIpc) is 2.88. The van der Waals surface area contributed by atoms with Crippen molar-refractivity contribution in [2.75, 3.05) is 5.32 Å². The maximum absolute atomic E-state index is 14.9. The minimum Gasteiger partial charge on any atom is -0.380 e. The van der Waals surface area contributed by atoms with Gasteiger partial charge in [0, 0.05) is 44.0 Å². The molecule has 5 rings (SSSR count). The van der Waals surface area contributed by atoms with Crippen molar-refractivity contribution in [2.24, 2.45) is 5.92 Å². The molecule has 228 valence electrons. The van der Waals surface area contributed by atoms with Crippen LogP contribution in [0.2, 0.25) is 0 Å². The highest BCUT2D eigenvalue weighted by Gasteiger charge is 2.43. The van der Waals surface area contributed by atoms with Crippen LogP contribution in [0.15, 0.2) is 52.6 Å². The van der Waals surface area contributed by atoms with Crippen molar-refractivity contribution < 1.29 is 39.5 Å². The maximum atomic E-state index is 14.9. The molecule has 2 N–H and O–H groups in total. The number of halogens is 9. The lowest BCUT2D eigenvalue weighted by molar-refractivity contribution is -0.139. The molecule has 1 aliphatic rings. The number of fused-ring (bicyclic) bond motifs is 1. The van der Waals surface area contributed by atoms with Gasteiger partial charge in [-0.05, 0) is 35.9 Å². The number of hydrogen-bond acceptors (Lipinski definition) is 6. The first-order valence-electron chi connectivity index (χ1n) is 12.5. The molecule has 3 aromatic heterocycles. The van der Waals surface area contributed by atoms with Crippen molar-refractivity contribution in [1.82, 2.24) is 24.7 Å². The number of rotatable bonds is 5. The Hall–Kier alpha value is -4.44. The molecule has 0 spiro atoms. The monoisotopic (exact) mass is 618 g/mol. The molecule has 1 saturated carbocycles. The molecule has 0 radical (unpaired) electrons. The van der Waals surface area contributed by atoms with Crippen molar-refractivity contribution in [3.63, 3.8) is 0 Å². The molecule has 1 aliphatic carbocycles. The molecule has 1 aromatic carbocycles. The van der Waals surface area contributed by atoms with E-state index >= 15 is 0 Å². The van der Waals surface area contributed by atoms with E-state index in [2.05, 4.69) is 20.4 Å².